The maximum absolute atomic E-state index is 11.4. The molecule has 1 N–H and O–H groups in total. The molecule has 2 heterocycles. The van der Waals surface area contributed by atoms with Gasteiger partial charge in [0.2, 0.25) is 0 Å². The van der Waals surface area contributed by atoms with E-state index in [4.69, 9.17) is 21.3 Å². The van der Waals surface area contributed by atoms with Gasteiger partial charge in [0.05, 0.1) is 17.3 Å². The second kappa shape index (κ2) is 9.34. The minimum absolute atomic E-state index is 0.273. The van der Waals surface area contributed by atoms with Crippen molar-refractivity contribution in [3.63, 3.8) is 0 Å². The van der Waals surface area contributed by atoms with E-state index in [1.165, 1.54) is 4.88 Å². The average molecular weight is 437 g/mol. The van der Waals surface area contributed by atoms with Gasteiger partial charge in [0.1, 0.15) is 16.4 Å². The molecule has 0 bridgehead atoms. The summed E-state index contributed by atoms with van der Waals surface area (Å²) < 4.78 is 5.83. The molecule has 1 fully saturated rings. The van der Waals surface area contributed by atoms with Gasteiger partial charge in [-0.2, -0.15) is 0 Å². The standard InChI is InChI=1S/C23H33ClN2O2S/c1-17-20(10-15-28-19-9-6-5-8-18(19)24)29-21(25-17)23(27)11-7-13-26(14-12-23)16-22(2,3)4/h5-6,8-9,27H,7,10-16H2,1-4H3. The van der Waals surface area contributed by atoms with Crippen molar-refractivity contribution in [2.75, 3.05) is 26.2 Å². The number of aromatic nitrogens is 1. The van der Waals surface area contributed by atoms with Crippen LogP contribution < -0.4 is 4.74 Å². The number of thiazole rings is 1. The summed E-state index contributed by atoms with van der Waals surface area (Å²) in [5, 5.41) is 12.9. The van der Waals surface area contributed by atoms with Crippen molar-refractivity contribution >= 4 is 22.9 Å². The lowest BCUT2D eigenvalue weighted by Crippen LogP contribution is -2.34. The van der Waals surface area contributed by atoms with Gasteiger partial charge in [-0.25, -0.2) is 4.98 Å². The van der Waals surface area contributed by atoms with Crippen LogP contribution in [0.1, 0.15) is 55.6 Å². The van der Waals surface area contributed by atoms with E-state index in [0.717, 1.165) is 56.0 Å². The zero-order chi connectivity index (χ0) is 21.1. The Bertz CT molecular complexity index is 817. The molecule has 0 radical (unpaired) electrons. The lowest BCUT2D eigenvalue weighted by Gasteiger charge is -2.29. The lowest BCUT2D eigenvalue weighted by molar-refractivity contribution is 0.0200. The molecule has 1 aromatic heterocycles. The monoisotopic (exact) mass is 436 g/mol. The first-order valence-electron chi connectivity index (χ1n) is 10.5. The Morgan fingerprint density at radius 3 is 2.72 bits per heavy atom. The number of hydrogen-bond donors (Lipinski definition) is 1. The molecule has 1 unspecified atom stereocenters. The smallest absolute Gasteiger partial charge is 0.137 e. The zero-order valence-corrected chi connectivity index (χ0v) is 19.6. The summed E-state index contributed by atoms with van der Waals surface area (Å²) in [6.07, 6.45) is 3.28. The maximum atomic E-state index is 11.4. The highest BCUT2D eigenvalue weighted by Gasteiger charge is 2.36. The van der Waals surface area contributed by atoms with Gasteiger partial charge < -0.3 is 14.7 Å². The minimum atomic E-state index is -0.816. The van der Waals surface area contributed by atoms with E-state index in [1.54, 1.807) is 11.3 Å². The van der Waals surface area contributed by atoms with Gasteiger partial charge in [-0.15, -0.1) is 11.3 Å². The minimum Gasteiger partial charge on any atom is -0.492 e. The molecule has 2 aromatic rings. The average Bonchev–Trinajstić information content (AvgIpc) is 2.91. The molecule has 29 heavy (non-hydrogen) atoms. The molecule has 0 amide bonds. The third-order valence-corrected chi connectivity index (χ3v) is 7.04. The van der Waals surface area contributed by atoms with Gasteiger partial charge in [0.15, 0.2) is 0 Å². The molecular formula is C23H33ClN2O2S. The van der Waals surface area contributed by atoms with Gasteiger partial charge in [-0.05, 0) is 50.3 Å². The molecule has 1 aromatic carbocycles. The first-order valence-corrected chi connectivity index (χ1v) is 11.6. The molecule has 1 aliphatic rings. The maximum Gasteiger partial charge on any atom is 0.137 e. The van der Waals surface area contributed by atoms with Crippen molar-refractivity contribution in [2.45, 2.75) is 59.0 Å². The first-order chi connectivity index (χ1) is 13.7. The van der Waals surface area contributed by atoms with E-state index in [-0.39, 0.29) is 5.41 Å². The van der Waals surface area contributed by atoms with Crippen LogP contribution in [0, 0.1) is 12.3 Å². The molecule has 1 saturated heterocycles. The Labute approximate surface area is 183 Å². The van der Waals surface area contributed by atoms with Crippen molar-refractivity contribution in [1.29, 1.82) is 0 Å². The Kier molecular flexibility index (Phi) is 7.26. The summed E-state index contributed by atoms with van der Waals surface area (Å²) in [4.78, 5) is 8.42. The molecular weight excluding hydrogens is 404 g/mol. The van der Waals surface area contributed by atoms with E-state index in [9.17, 15) is 5.11 Å². The Morgan fingerprint density at radius 1 is 1.24 bits per heavy atom. The fraction of sp³-hybridized carbons (Fsp3) is 0.609. The summed E-state index contributed by atoms with van der Waals surface area (Å²) in [7, 11) is 0. The second-order valence-corrected chi connectivity index (χ2v) is 10.8. The number of para-hydroxylation sites is 1. The highest BCUT2D eigenvalue weighted by molar-refractivity contribution is 7.11. The number of ether oxygens (including phenoxy) is 1. The van der Waals surface area contributed by atoms with E-state index >= 15 is 0 Å². The number of nitrogens with zero attached hydrogens (tertiary/aromatic N) is 2. The Balaban J connectivity index is 1.62. The fourth-order valence-corrected chi connectivity index (χ4v) is 5.27. The fourth-order valence-electron chi connectivity index (χ4n) is 3.89. The number of aryl methyl sites for hydroxylation is 1. The van der Waals surface area contributed by atoms with Gasteiger partial charge in [0.25, 0.3) is 0 Å². The third-order valence-electron chi connectivity index (χ3n) is 5.32. The van der Waals surface area contributed by atoms with Crippen LogP contribution in [-0.2, 0) is 12.0 Å². The lowest BCUT2D eigenvalue weighted by atomic mass is 9.95. The molecule has 1 atom stereocenters. The Hall–Kier alpha value is -1.14. The van der Waals surface area contributed by atoms with Crippen LogP contribution in [-0.4, -0.2) is 41.2 Å². The van der Waals surface area contributed by atoms with Crippen molar-refractivity contribution in [1.82, 2.24) is 9.88 Å². The van der Waals surface area contributed by atoms with E-state index < -0.39 is 5.60 Å². The number of likely N-dealkylation sites (tertiary alicyclic amines) is 1. The molecule has 6 heteroatoms. The molecule has 0 spiro atoms. The summed E-state index contributed by atoms with van der Waals surface area (Å²) >= 11 is 7.79. The van der Waals surface area contributed by atoms with Crippen molar-refractivity contribution < 1.29 is 9.84 Å². The molecule has 160 valence electrons. The quantitative estimate of drug-likeness (QED) is 0.654. The van der Waals surface area contributed by atoms with Crippen molar-refractivity contribution in [2.24, 2.45) is 5.41 Å². The van der Waals surface area contributed by atoms with E-state index in [1.807, 2.05) is 31.2 Å². The van der Waals surface area contributed by atoms with Gasteiger partial charge >= 0.3 is 0 Å². The van der Waals surface area contributed by atoms with Crippen LogP contribution in [0.25, 0.3) is 0 Å². The van der Waals surface area contributed by atoms with Crippen LogP contribution in [0.2, 0.25) is 5.02 Å². The third kappa shape index (κ3) is 6.17. The SMILES string of the molecule is Cc1nc(C2(O)CCCN(CC(C)(C)C)CC2)sc1CCOc1ccccc1Cl. The van der Waals surface area contributed by atoms with Crippen LogP contribution in [0.3, 0.4) is 0 Å². The van der Waals surface area contributed by atoms with Crippen LogP contribution in [0.15, 0.2) is 24.3 Å². The number of aliphatic hydroxyl groups is 1. The van der Waals surface area contributed by atoms with E-state index in [2.05, 4.69) is 25.7 Å². The predicted molar refractivity (Wildman–Crippen MR) is 121 cm³/mol. The first kappa shape index (κ1) is 22.5. The van der Waals surface area contributed by atoms with Crippen molar-refractivity contribution in [3.05, 3.63) is 44.9 Å². The summed E-state index contributed by atoms with van der Waals surface area (Å²) in [6, 6.07) is 7.52. The topological polar surface area (TPSA) is 45.6 Å². The van der Waals surface area contributed by atoms with E-state index in [0.29, 0.717) is 17.4 Å². The summed E-state index contributed by atoms with van der Waals surface area (Å²) in [5.74, 6) is 0.706. The van der Waals surface area contributed by atoms with Crippen LogP contribution >= 0.6 is 22.9 Å². The van der Waals surface area contributed by atoms with Crippen LogP contribution in [0.4, 0.5) is 0 Å². The summed E-state index contributed by atoms with van der Waals surface area (Å²) in [6.45, 7) is 12.4. The number of rotatable bonds is 6. The zero-order valence-electron chi connectivity index (χ0n) is 18.0. The normalized spacial score (nSPS) is 21.2. The molecule has 3 rings (SSSR count). The van der Waals surface area contributed by atoms with Gasteiger partial charge in [0, 0.05) is 24.4 Å². The molecule has 0 saturated carbocycles. The summed E-state index contributed by atoms with van der Waals surface area (Å²) in [5.41, 5.74) is 0.454. The molecule has 0 aliphatic carbocycles. The van der Waals surface area contributed by atoms with Crippen molar-refractivity contribution in [3.8, 4) is 5.75 Å². The predicted octanol–water partition coefficient (Wildman–Crippen LogP) is 5.45. The molecule has 1 aliphatic heterocycles. The second-order valence-electron chi connectivity index (χ2n) is 9.28. The highest BCUT2D eigenvalue weighted by Crippen LogP contribution is 2.37. The number of halogens is 1. The van der Waals surface area contributed by atoms with Crippen LogP contribution in [0.5, 0.6) is 5.75 Å². The number of benzene rings is 1. The highest BCUT2D eigenvalue weighted by atomic mass is 35.5. The largest absolute Gasteiger partial charge is 0.492 e. The Morgan fingerprint density at radius 2 is 2.00 bits per heavy atom. The van der Waals surface area contributed by atoms with Gasteiger partial charge in [-0.3, -0.25) is 0 Å². The molecule has 4 nitrogen and oxygen atoms in total. The van der Waals surface area contributed by atoms with Gasteiger partial charge in [-0.1, -0.05) is 44.5 Å². The number of hydrogen-bond acceptors (Lipinski definition) is 5.